The Morgan fingerprint density at radius 2 is 2.16 bits per heavy atom. The molecule has 1 aromatic carbocycles. The summed E-state index contributed by atoms with van der Waals surface area (Å²) in [4.78, 5) is 22.0. The minimum absolute atomic E-state index is 0.0471. The maximum Gasteiger partial charge on any atom is 0.273 e. The van der Waals surface area contributed by atoms with Crippen LogP contribution in [-0.2, 0) is 11.2 Å². The second-order valence-corrected chi connectivity index (χ2v) is 4.77. The van der Waals surface area contributed by atoms with Crippen molar-refractivity contribution < 1.29 is 14.8 Å². The van der Waals surface area contributed by atoms with Gasteiger partial charge < -0.3 is 10.4 Å². The van der Waals surface area contributed by atoms with Gasteiger partial charge in [-0.1, -0.05) is 18.2 Å². The Morgan fingerprint density at radius 3 is 2.79 bits per heavy atom. The molecule has 1 aliphatic rings. The van der Waals surface area contributed by atoms with Crippen LogP contribution in [0.2, 0.25) is 0 Å². The number of para-hydroxylation sites is 1. The average molecular weight is 264 g/mol. The summed E-state index contributed by atoms with van der Waals surface area (Å²) in [5.74, 6) is -0.0136. The van der Waals surface area contributed by atoms with E-state index in [9.17, 15) is 20.0 Å². The van der Waals surface area contributed by atoms with Crippen LogP contribution in [-0.4, -0.2) is 28.6 Å². The van der Waals surface area contributed by atoms with Gasteiger partial charge in [-0.3, -0.25) is 14.9 Å². The molecule has 1 fully saturated rings. The van der Waals surface area contributed by atoms with Crippen LogP contribution in [0.15, 0.2) is 24.3 Å². The van der Waals surface area contributed by atoms with E-state index in [2.05, 4.69) is 5.32 Å². The summed E-state index contributed by atoms with van der Waals surface area (Å²) in [6.45, 7) is 0.212. The Hall–Kier alpha value is -1.95. The summed E-state index contributed by atoms with van der Waals surface area (Å²) in [7, 11) is 0. The number of nitro benzene ring substituents is 1. The fourth-order valence-corrected chi connectivity index (χ4v) is 1.94. The number of carbonyl (C=O) groups excluding carboxylic acids is 1. The van der Waals surface area contributed by atoms with Crippen LogP contribution in [0.5, 0.6) is 0 Å². The summed E-state index contributed by atoms with van der Waals surface area (Å²) >= 11 is 0. The predicted octanol–water partition coefficient (Wildman–Crippen LogP) is 1.02. The number of amides is 1. The molecule has 1 saturated carbocycles. The summed E-state index contributed by atoms with van der Waals surface area (Å²) in [5.41, 5.74) is 0.325. The van der Waals surface area contributed by atoms with Gasteiger partial charge in [0.05, 0.1) is 17.4 Å². The number of nitro groups is 1. The van der Waals surface area contributed by atoms with Crippen molar-refractivity contribution in [3.8, 4) is 0 Å². The lowest BCUT2D eigenvalue weighted by atomic mass is 10.1. The lowest BCUT2D eigenvalue weighted by molar-refractivity contribution is -0.385. The number of benzene rings is 1. The van der Waals surface area contributed by atoms with E-state index in [-0.39, 0.29) is 24.6 Å². The van der Waals surface area contributed by atoms with Crippen molar-refractivity contribution in [1.82, 2.24) is 5.32 Å². The van der Waals surface area contributed by atoms with Gasteiger partial charge in [0.25, 0.3) is 5.69 Å². The zero-order chi connectivity index (χ0) is 13.8. The average Bonchev–Trinajstić information content (AvgIpc) is 3.20. The van der Waals surface area contributed by atoms with Gasteiger partial charge in [0, 0.05) is 18.2 Å². The number of nitrogens with one attached hydrogen (secondary N) is 1. The van der Waals surface area contributed by atoms with Crippen LogP contribution in [0, 0.1) is 16.0 Å². The Morgan fingerprint density at radius 1 is 1.47 bits per heavy atom. The third-order valence-electron chi connectivity index (χ3n) is 3.21. The summed E-state index contributed by atoms with van der Waals surface area (Å²) in [5, 5.41) is 23.0. The van der Waals surface area contributed by atoms with E-state index >= 15 is 0 Å². The molecular formula is C13H16N2O4. The van der Waals surface area contributed by atoms with Crippen molar-refractivity contribution in [1.29, 1.82) is 0 Å². The molecule has 0 heterocycles. The number of hydrogen-bond donors (Lipinski definition) is 2. The molecule has 0 bridgehead atoms. The predicted molar refractivity (Wildman–Crippen MR) is 68.5 cm³/mol. The molecule has 2 N–H and O–H groups in total. The van der Waals surface area contributed by atoms with Crippen LogP contribution in [0.1, 0.15) is 18.4 Å². The Bertz CT molecular complexity index is 485. The maximum atomic E-state index is 11.7. The molecule has 1 amide bonds. The fraction of sp³-hybridized carbons (Fsp3) is 0.462. The molecule has 6 nitrogen and oxygen atoms in total. The smallest absolute Gasteiger partial charge is 0.273 e. The highest BCUT2D eigenvalue weighted by atomic mass is 16.6. The van der Waals surface area contributed by atoms with Crippen molar-refractivity contribution in [2.24, 2.45) is 5.92 Å². The molecule has 0 aromatic heterocycles. The van der Waals surface area contributed by atoms with Gasteiger partial charge in [-0.15, -0.1) is 0 Å². The third-order valence-corrected chi connectivity index (χ3v) is 3.21. The fourth-order valence-electron chi connectivity index (χ4n) is 1.94. The van der Waals surface area contributed by atoms with Crippen LogP contribution in [0.3, 0.4) is 0 Å². The van der Waals surface area contributed by atoms with Crippen molar-refractivity contribution in [3.05, 3.63) is 39.9 Å². The van der Waals surface area contributed by atoms with E-state index in [0.29, 0.717) is 11.5 Å². The van der Waals surface area contributed by atoms with E-state index in [4.69, 9.17) is 0 Å². The van der Waals surface area contributed by atoms with Gasteiger partial charge in [0.1, 0.15) is 0 Å². The molecule has 1 aliphatic carbocycles. The molecule has 19 heavy (non-hydrogen) atoms. The van der Waals surface area contributed by atoms with E-state index in [1.807, 2.05) is 0 Å². The van der Waals surface area contributed by atoms with Crippen LogP contribution >= 0.6 is 0 Å². The van der Waals surface area contributed by atoms with E-state index in [1.165, 1.54) is 6.07 Å². The van der Waals surface area contributed by atoms with Gasteiger partial charge in [-0.2, -0.15) is 0 Å². The number of hydrogen-bond acceptors (Lipinski definition) is 4. The molecule has 2 rings (SSSR count). The molecule has 0 saturated heterocycles. The first-order valence-corrected chi connectivity index (χ1v) is 6.25. The lowest BCUT2D eigenvalue weighted by Gasteiger charge is -2.10. The second-order valence-electron chi connectivity index (χ2n) is 4.77. The zero-order valence-corrected chi connectivity index (χ0v) is 10.4. The first kappa shape index (κ1) is 13.5. The second kappa shape index (κ2) is 5.79. The van der Waals surface area contributed by atoms with Crippen molar-refractivity contribution in [2.45, 2.75) is 25.4 Å². The highest BCUT2D eigenvalue weighted by Crippen LogP contribution is 2.32. The van der Waals surface area contributed by atoms with Gasteiger partial charge in [-0.05, 0) is 18.8 Å². The number of aliphatic hydroxyl groups excluding tert-OH is 1. The standard InChI is InChI=1S/C13H16N2O4/c16-12(9-5-6-9)8-14-13(17)7-10-3-1-2-4-11(10)15(18)19/h1-4,9,12,16H,5-8H2,(H,14,17). The highest BCUT2D eigenvalue weighted by molar-refractivity contribution is 5.79. The van der Waals surface area contributed by atoms with Gasteiger partial charge in [0.2, 0.25) is 5.91 Å². The number of nitrogens with zero attached hydrogens (tertiary/aromatic N) is 1. The quantitative estimate of drug-likeness (QED) is 0.592. The Balaban J connectivity index is 1.89. The van der Waals surface area contributed by atoms with Crippen molar-refractivity contribution in [2.75, 3.05) is 6.54 Å². The van der Waals surface area contributed by atoms with Crippen molar-refractivity contribution in [3.63, 3.8) is 0 Å². The Labute approximate surface area is 110 Å². The molecule has 0 spiro atoms. The largest absolute Gasteiger partial charge is 0.391 e. The van der Waals surface area contributed by atoms with Gasteiger partial charge >= 0.3 is 0 Å². The van der Waals surface area contributed by atoms with Crippen molar-refractivity contribution >= 4 is 11.6 Å². The summed E-state index contributed by atoms with van der Waals surface area (Å²) in [6.07, 6.45) is 1.45. The zero-order valence-electron chi connectivity index (χ0n) is 10.4. The first-order valence-electron chi connectivity index (χ1n) is 6.25. The summed E-state index contributed by atoms with van der Waals surface area (Å²) in [6, 6.07) is 6.17. The SMILES string of the molecule is O=C(Cc1ccccc1[N+](=O)[O-])NCC(O)C1CC1. The third kappa shape index (κ3) is 3.75. The molecule has 0 aliphatic heterocycles. The Kier molecular flexibility index (Phi) is 4.11. The molecule has 0 radical (unpaired) electrons. The van der Waals surface area contributed by atoms with E-state index in [0.717, 1.165) is 12.8 Å². The minimum atomic E-state index is -0.505. The van der Waals surface area contributed by atoms with E-state index in [1.54, 1.807) is 18.2 Å². The lowest BCUT2D eigenvalue weighted by Crippen LogP contribution is -2.34. The highest BCUT2D eigenvalue weighted by Gasteiger charge is 2.29. The molecule has 1 aromatic rings. The minimum Gasteiger partial charge on any atom is -0.391 e. The molecule has 1 atom stereocenters. The topological polar surface area (TPSA) is 92.5 Å². The van der Waals surface area contributed by atoms with E-state index < -0.39 is 11.0 Å². The van der Waals surface area contributed by atoms with Crippen LogP contribution in [0.25, 0.3) is 0 Å². The number of carbonyl (C=O) groups is 1. The molecule has 1 unspecified atom stereocenters. The molecular weight excluding hydrogens is 248 g/mol. The molecule has 6 heteroatoms. The molecule has 102 valence electrons. The van der Waals surface area contributed by atoms with Crippen LogP contribution < -0.4 is 5.32 Å². The van der Waals surface area contributed by atoms with Crippen LogP contribution in [0.4, 0.5) is 5.69 Å². The number of rotatable bonds is 6. The normalized spacial score (nSPS) is 15.8. The van der Waals surface area contributed by atoms with Gasteiger partial charge in [-0.25, -0.2) is 0 Å². The van der Waals surface area contributed by atoms with Gasteiger partial charge in [0.15, 0.2) is 0 Å². The first-order chi connectivity index (χ1) is 9.08. The number of aliphatic hydroxyl groups is 1. The summed E-state index contributed by atoms with van der Waals surface area (Å²) < 4.78 is 0. The monoisotopic (exact) mass is 264 g/mol. The maximum absolute atomic E-state index is 11.7.